The molecule has 0 saturated heterocycles. The second-order valence-corrected chi connectivity index (χ2v) is 8.59. The molecule has 4 rings (SSSR count). The molecular formula is C27H21Cl2N3O4. The lowest BCUT2D eigenvalue weighted by Crippen LogP contribution is -2.22. The third-order valence-electron chi connectivity index (χ3n) is 5.07. The van der Waals surface area contributed by atoms with Crippen molar-refractivity contribution in [2.75, 3.05) is 11.1 Å². The molecule has 7 nitrogen and oxygen atoms in total. The maximum absolute atomic E-state index is 13.2. The van der Waals surface area contributed by atoms with E-state index in [1.807, 2.05) is 30.3 Å². The van der Waals surface area contributed by atoms with Gasteiger partial charge in [-0.05, 0) is 35.9 Å². The molecule has 0 aliphatic carbocycles. The zero-order valence-corrected chi connectivity index (χ0v) is 20.4. The van der Waals surface area contributed by atoms with E-state index < -0.39 is 12.1 Å². The van der Waals surface area contributed by atoms with Crippen molar-refractivity contribution in [2.45, 2.75) is 12.7 Å². The first kappa shape index (κ1) is 25.0. The highest BCUT2D eigenvalue weighted by Crippen LogP contribution is 2.30. The zero-order chi connectivity index (χ0) is 25.5. The predicted octanol–water partition coefficient (Wildman–Crippen LogP) is 6.09. The van der Waals surface area contributed by atoms with Gasteiger partial charge in [-0.1, -0.05) is 71.7 Å². The molecule has 0 saturated carbocycles. The molecule has 0 fully saturated rings. The average Bonchev–Trinajstić information content (AvgIpc) is 2.88. The SMILES string of the molecule is Nc1ncc(Cl)cc1OC(C(=O)OCc1ccccc1)c1cccc(NC(=O)c2cccc(Cl)c2)c1. The second-order valence-electron chi connectivity index (χ2n) is 7.72. The minimum absolute atomic E-state index is 0.0496. The average molecular weight is 522 g/mol. The van der Waals surface area contributed by atoms with Crippen molar-refractivity contribution < 1.29 is 19.1 Å². The number of nitrogen functional groups attached to an aromatic ring is 1. The molecular weight excluding hydrogens is 501 g/mol. The van der Waals surface area contributed by atoms with E-state index in [1.54, 1.807) is 48.5 Å². The molecule has 1 aromatic heterocycles. The highest BCUT2D eigenvalue weighted by molar-refractivity contribution is 6.31. The summed E-state index contributed by atoms with van der Waals surface area (Å²) in [4.78, 5) is 29.8. The van der Waals surface area contributed by atoms with Crippen molar-refractivity contribution in [2.24, 2.45) is 0 Å². The van der Waals surface area contributed by atoms with Crippen LogP contribution >= 0.6 is 23.2 Å². The maximum atomic E-state index is 13.2. The Morgan fingerprint density at radius 2 is 1.69 bits per heavy atom. The van der Waals surface area contributed by atoms with Crippen LogP contribution in [0.2, 0.25) is 10.0 Å². The van der Waals surface area contributed by atoms with E-state index in [2.05, 4.69) is 10.3 Å². The van der Waals surface area contributed by atoms with Gasteiger partial charge >= 0.3 is 5.97 Å². The number of anilines is 2. The molecule has 1 amide bonds. The summed E-state index contributed by atoms with van der Waals surface area (Å²) in [6.45, 7) is 0.0496. The van der Waals surface area contributed by atoms with Crippen molar-refractivity contribution in [3.8, 4) is 5.75 Å². The van der Waals surface area contributed by atoms with Crippen LogP contribution in [0.3, 0.4) is 0 Å². The van der Waals surface area contributed by atoms with E-state index in [-0.39, 0.29) is 29.1 Å². The van der Waals surface area contributed by atoms with E-state index in [0.717, 1.165) is 5.56 Å². The van der Waals surface area contributed by atoms with E-state index in [1.165, 1.54) is 12.3 Å². The summed E-state index contributed by atoms with van der Waals surface area (Å²) in [6, 6.07) is 23.9. The number of hydrogen-bond donors (Lipinski definition) is 2. The molecule has 0 bridgehead atoms. The Balaban J connectivity index is 1.59. The number of aromatic nitrogens is 1. The van der Waals surface area contributed by atoms with E-state index in [0.29, 0.717) is 21.8 Å². The molecule has 36 heavy (non-hydrogen) atoms. The number of nitrogens with two attached hydrogens (primary N) is 1. The van der Waals surface area contributed by atoms with Gasteiger partial charge in [0.15, 0.2) is 11.6 Å². The van der Waals surface area contributed by atoms with Crippen LogP contribution < -0.4 is 15.8 Å². The van der Waals surface area contributed by atoms with Gasteiger partial charge in [-0.25, -0.2) is 9.78 Å². The van der Waals surface area contributed by atoms with Gasteiger partial charge in [0.25, 0.3) is 5.91 Å². The monoisotopic (exact) mass is 521 g/mol. The molecule has 1 atom stereocenters. The maximum Gasteiger partial charge on any atom is 0.352 e. The first-order valence-corrected chi connectivity index (χ1v) is 11.6. The number of carbonyl (C=O) groups is 2. The lowest BCUT2D eigenvalue weighted by atomic mass is 10.1. The summed E-state index contributed by atoms with van der Waals surface area (Å²) < 4.78 is 11.5. The number of amides is 1. The molecule has 4 aromatic rings. The molecule has 1 unspecified atom stereocenters. The third-order valence-corrected chi connectivity index (χ3v) is 5.51. The largest absolute Gasteiger partial charge is 0.470 e. The van der Waals surface area contributed by atoms with Crippen LogP contribution in [0.5, 0.6) is 5.75 Å². The number of ether oxygens (including phenoxy) is 2. The summed E-state index contributed by atoms with van der Waals surface area (Å²) in [6.07, 6.45) is 0.165. The fraction of sp³-hybridized carbons (Fsp3) is 0.0741. The van der Waals surface area contributed by atoms with Gasteiger partial charge in [0.1, 0.15) is 6.61 Å². The van der Waals surface area contributed by atoms with Gasteiger partial charge in [0.2, 0.25) is 6.10 Å². The topological polar surface area (TPSA) is 104 Å². The van der Waals surface area contributed by atoms with Crippen molar-refractivity contribution in [3.63, 3.8) is 0 Å². The van der Waals surface area contributed by atoms with E-state index >= 15 is 0 Å². The van der Waals surface area contributed by atoms with Gasteiger partial charge in [-0.3, -0.25) is 4.79 Å². The van der Waals surface area contributed by atoms with Crippen LogP contribution in [0.25, 0.3) is 0 Å². The number of esters is 1. The second kappa shape index (κ2) is 11.6. The Morgan fingerprint density at radius 3 is 2.47 bits per heavy atom. The van der Waals surface area contributed by atoms with E-state index in [4.69, 9.17) is 38.4 Å². The first-order chi connectivity index (χ1) is 17.4. The first-order valence-electron chi connectivity index (χ1n) is 10.8. The summed E-state index contributed by atoms with van der Waals surface area (Å²) in [5, 5.41) is 3.53. The minimum atomic E-state index is -1.21. The number of carbonyl (C=O) groups excluding carboxylic acids is 2. The molecule has 0 aliphatic rings. The van der Waals surface area contributed by atoms with Crippen molar-refractivity contribution in [1.82, 2.24) is 4.98 Å². The summed E-state index contributed by atoms with van der Waals surface area (Å²) in [5.41, 5.74) is 8.01. The van der Waals surface area contributed by atoms with E-state index in [9.17, 15) is 9.59 Å². The summed E-state index contributed by atoms with van der Waals surface area (Å²) in [5.74, 6) is -0.832. The van der Waals surface area contributed by atoms with Crippen LogP contribution in [0.15, 0.2) is 91.1 Å². The van der Waals surface area contributed by atoms with Crippen molar-refractivity contribution in [1.29, 1.82) is 0 Å². The molecule has 182 valence electrons. The number of pyridine rings is 1. The van der Waals surface area contributed by atoms with Gasteiger partial charge < -0.3 is 20.5 Å². The van der Waals surface area contributed by atoms with Crippen LogP contribution in [0.1, 0.15) is 27.6 Å². The molecule has 0 spiro atoms. The lowest BCUT2D eigenvalue weighted by molar-refractivity contribution is -0.153. The van der Waals surface area contributed by atoms with Gasteiger partial charge in [-0.15, -0.1) is 0 Å². The van der Waals surface area contributed by atoms with Gasteiger partial charge in [0.05, 0.1) is 5.02 Å². The van der Waals surface area contributed by atoms with Crippen LogP contribution in [0.4, 0.5) is 11.5 Å². The summed E-state index contributed by atoms with van der Waals surface area (Å²) in [7, 11) is 0. The van der Waals surface area contributed by atoms with Crippen LogP contribution in [-0.4, -0.2) is 16.9 Å². The smallest absolute Gasteiger partial charge is 0.352 e. The number of halogens is 2. The predicted molar refractivity (Wildman–Crippen MR) is 139 cm³/mol. The molecule has 3 aromatic carbocycles. The number of nitrogens with zero attached hydrogens (tertiary/aromatic N) is 1. The number of hydrogen-bond acceptors (Lipinski definition) is 6. The van der Waals surface area contributed by atoms with Crippen molar-refractivity contribution in [3.05, 3.63) is 118 Å². The van der Waals surface area contributed by atoms with Crippen LogP contribution in [0, 0.1) is 0 Å². The normalized spacial score (nSPS) is 11.4. The fourth-order valence-corrected chi connectivity index (χ4v) is 3.66. The zero-order valence-electron chi connectivity index (χ0n) is 18.9. The minimum Gasteiger partial charge on any atom is -0.470 e. The molecule has 1 heterocycles. The Labute approximate surface area is 217 Å². The molecule has 0 radical (unpaired) electrons. The number of nitrogens with one attached hydrogen (secondary N) is 1. The number of benzene rings is 3. The van der Waals surface area contributed by atoms with Crippen LogP contribution in [-0.2, 0) is 16.1 Å². The Hall–Kier alpha value is -4.07. The van der Waals surface area contributed by atoms with Crippen molar-refractivity contribution >= 4 is 46.6 Å². The molecule has 9 heteroatoms. The summed E-state index contributed by atoms with van der Waals surface area (Å²) >= 11 is 12.0. The van der Waals surface area contributed by atoms with Gasteiger partial charge in [0, 0.05) is 34.1 Å². The fourth-order valence-electron chi connectivity index (χ4n) is 3.32. The highest BCUT2D eigenvalue weighted by Gasteiger charge is 2.26. The Bertz CT molecular complexity index is 1380. The quantitative estimate of drug-likeness (QED) is 0.272. The Kier molecular flexibility index (Phi) is 8.05. The highest BCUT2D eigenvalue weighted by atomic mass is 35.5. The number of rotatable bonds is 8. The lowest BCUT2D eigenvalue weighted by Gasteiger charge is -2.20. The molecule has 3 N–H and O–H groups in total. The molecule has 0 aliphatic heterocycles. The van der Waals surface area contributed by atoms with Gasteiger partial charge in [-0.2, -0.15) is 0 Å². The Morgan fingerprint density at radius 1 is 0.917 bits per heavy atom. The third kappa shape index (κ3) is 6.53. The standard InChI is InChI=1S/C27H21Cl2N3O4/c28-20-10-4-9-19(12-20)26(33)32-22-11-5-8-18(13-22)24(36-23-14-21(29)15-31-25(23)30)27(34)35-16-17-6-2-1-3-7-17/h1-15,24H,16H2,(H2,30,31)(H,32,33).